The Bertz CT molecular complexity index is 830. The number of benzene rings is 1. The maximum absolute atomic E-state index is 12.6. The normalized spacial score (nSPS) is 20.9. The molecule has 2 aliphatic heterocycles. The SMILES string of the molecule is O=C1NCC(=O)N2CCN(C(=O)Cn3ncc4ccccc43)CC12. The molecule has 2 fully saturated rings. The Labute approximate surface area is 138 Å². The maximum Gasteiger partial charge on any atom is 0.245 e. The zero-order valence-corrected chi connectivity index (χ0v) is 13.0. The highest BCUT2D eigenvalue weighted by atomic mass is 16.2. The molecule has 3 heterocycles. The minimum atomic E-state index is -0.585. The topological polar surface area (TPSA) is 87.5 Å². The van der Waals surface area contributed by atoms with Crippen molar-refractivity contribution in [2.75, 3.05) is 26.2 Å². The third-order valence-corrected chi connectivity index (χ3v) is 4.61. The van der Waals surface area contributed by atoms with Crippen molar-refractivity contribution in [2.45, 2.75) is 12.6 Å². The number of amides is 3. The highest BCUT2D eigenvalue weighted by Crippen LogP contribution is 2.16. The summed E-state index contributed by atoms with van der Waals surface area (Å²) in [5, 5.41) is 7.82. The minimum Gasteiger partial charge on any atom is -0.345 e. The summed E-state index contributed by atoms with van der Waals surface area (Å²) in [5.41, 5.74) is 0.898. The van der Waals surface area contributed by atoms with Gasteiger partial charge in [-0.25, -0.2) is 0 Å². The van der Waals surface area contributed by atoms with E-state index in [9.17, 15) is 14.4 Å². The highest BCUT2D eigenvalue weighted by Gasteiger charge is 2.39. The molecule has 0 aliphatic carbocycles. The van der Waals surface area contributed by atoms with E-state index in [1.165, 1.54) is 0 Å². The van der Waals surface area contributed by atoms with Crippen LogP contribution in [0, 0.1) is 0 Å². The first kappa shape index (κ1) is 14.7. The summed E-state index contributed by atoms with van der Waals surface area (Å²) in [6.45, 7) is 1.23. The fourth-order valence-electron chi connectivity index (χ4n) is 3.29. The number of hydrogen-bond donors (Lipinski definition) is 1. The molecule has 1 aromatic heterocycles. The Kier molecular flexibility index (Phi) is 3.44. The number of fused-ring (bicyclic) bond motifs is 2. The van der Waals surface area contributed by atoms with Crippen LogP contribution in [0.2, 0.25) is 0 Å². The number of aromatic nitrogens is 2. The zero-order valence-electron chi connectivity index (χ0n) is 13.0. The molecule has 0 bridgehead atoms. The molecule has 2 aliphatic rings. The van der Waals surface area contributed by atoms with Crippen molar-refractivity contribution in [1.29, 1.82) is 0 Å². The van der Waals surface area contributed by atoms with E-state index in [-0.39, 0.29) is 37.4 Å². The summed E-state index contributed by atoms with van der Waals surface area (Å²) in [6, 6.07) is 7.11. The van der Waals surface area contributed by atoms with Gasteiger partial charge in [-0.1, -0.05) is 18.2 Å². The number of rotatable bonds is 2. The molecule has 1 aromatic carbocycles. The highest BCUT2D eigenvalue weighted by molar-refractivity contribution is 5.95. The van der Waals surface area contributed by atoms with Crippen molar-refractivity contribution >= 4 is 28.6 Å². The van der Waals surface area contributed by atoms with Crippen LogP contribution in [-0.4, -0.2) is 69.5 Å². The van der Waals surface area contributed by atoms with E-state index in [1.807, 2.05) is 24.3 Å². The van der Waals surface area contributed by atoms with E-state index in [2.05, 4.69) is 10.4 Å². The van der Waals surface area contributed by atoms with E-state index in [0.717, 1.165) is 10.9 Å². The van der Waals surface area contributed by atoms with Gasteiger partial charge in [0.2, 0.25) is 17.7 Å². The van der Waals surface area contributed by atoms with Gasteiger partial charge in [0, 0.05) is 18.5 Å². The second-order valence-electron chi connectivity index (χ2n) is 6.02. The Morgan fingerprint density at radius 3 is 2.96 bits per heavy atom. The summed E-state index contributed by atoms with van der Waals surface area (Å²) in [6.07, 6.45) is 1.73. The molecule has 8 nitrogen and oxygen atoms in total. The molecule has 1 N–H and O–H groups in total. The average molecular weight is 327 g/mol. The largest absolute Gasteiger partial charge is 0.345 e. The first-order chi connectivity index (χ1) is 11.6. The van der Waals surface area contributed by atoms with Crippen LogP contribution in [0.25, 0.3) is 10.9 Å². The van der Waals surface area contributed by atoms with Gasteiger partial charge in [0.15, 0.2) is 0 Å². The summed E-state index contributed by atoms with van der Waals surface area (Å²) < 4.78 is 1.66. The number of nitrogens with zero attached hydrogens (tertiary/aromatic N) is 4. The first-order valence-corrected chi connectivity index (χ1v) is 7.89. The van der Waals surface area contributed by atoms with Crippen molar-refractivity contribution in [3.8, 4) is 0 Å². The molecular formula is C16H17N5O3. The standard InChI is InChI=1S/C16H17N5O3/c22-14-8-17-16(24)13-9-19(5-6-20(13)14)15(23)10-21-12-4-2-1-3-11(12)7-18-21/h1-4,7,13H,5-6,8-10H2,(H,17,24). The van der Waals surface area contributed by atoms with Gasteiger partial charge >= 0.3 is 0 Å². The van der Waals surface area contributed by atoms with Crippen LogP contribution in [0.4, 0.5) is 0 Å². The maximum atomic E-state index is 12.6. The third-order valence-electron chi connectivity index (χ3n) is 4.61. The molecule has 4 rings (SSSR count). The molecule has 1 atom stereocenters. The number of para-hydroxylation sites is 1. The van der Waals surface area contributed by atoms with E-state index < -0.39 is 6.04 Å². The van der Waals surface area contributed by atoms with Gasteiger partial charge in [0.05, 0.1) is 24.8 Å². The number of hydrogen-bond acceptors (Lipinski definition) is 4. The molecule has 2 saturated heterocycles. The van der Waals surface area contributed by atoms with E-state index in [4.69, 9.17) is 0 Å². The Morgan fingerprint density at radius 1 is 1.25 bits per heavy atom. The monoisotopic (exact) mass is 327 g/mol. The Hall–Kier alpha value is -2.90. The lowest BCUT2D eigenvalue weighted by Crippen LogP contribution is -2.66. The second kappa shape index (κ2) is 5.63. The molecule has 3 amide bonds. The lowest BCUT2D eigenvalue weighted by atomic mass is 10.1. The summed E-state index contributed by atoms with van der Waals surface area (Å²) >= 11 is 0. The van der Waals surface area contributed by atoms with Crippen LogP contribution < -0.4 is 5.32 Å². The molecular weight excluding hydrogens is 310 g/mol. The predicted octanol–water partition coefficient (Wildman–Crippen LogP) is -0.794. The van der Waals surface area contributed by atoms with Crippen molar-refractivity contribution in [3.05, 3.63) is 30.5 Å². The molecule has 1 unspecified atom stereocenters. The van der Waals surface area contributed by atoms with Crippen LogP contribution in [0.3, 0.4) is 0 Å². The van der Waals surface area contributed by atoms with Crippen molar-refractivity contribution in [3.63, 3.8) is 0 Å². The van der Waals surface area contributed by atoms with Crippen LogP contribution in [0.15, 0.2) is 30.5 Å². The minimum absolute atomic E-state index is 0.0442. The zero-order chi connectivity index (χ0) is 16.7. The Morgan fingerprint density at radius 2 is 2.08 bits per heavy atom. The van der Waals surface area contributed by atoms with Crippen LogP contribution in [0.1, 0.15) is 0 Å². The lowest BCUT2D eigenvalue weighted by molar-refractivity contribution is -0.152. The molecule has 24 heavy (non-hydrogen) atoms. The molecule has 124 valence electrons. The van der Waals surface area contributed by atoms with Crippen LogP contribution in [0.5, 0.6) is 0 Å². The smallest absolute Gasteiger partial charge is 0.245 e. The van der Waals surface area contributed by atoms with Gasteiger partial charge in [-0.05, 0) is 6.07 Å². The molecule has 8 heteroatoms. The fourth-order valence-corrected chi connectivity index (χ4v) is 3.29. The summed E-state index contributed by atoms with van der Waals surface area (Å²) in [4.78, 5) is 39.6. The first-order valence-electron chi connectivity index (χ1n) is 7.89. The van der Waals surface area contributed by atoms with Gasteiger partial charge in [-0.2, -0.15) is 5.10 Å². The fraction of sp³-hybridized carbons (Fsp3) is 0.375. The van der Waals surface area contributed by atoms with Gasteiger partial charge < -0.3 is 15.1 Å². The molecule has 0 radical (unpaired) electrons. The van der Waals surface area contributed by atoms with Crippen molar-refractivity contribution < 1.29 is 14.4 Å². The van der Waals surface area contributed by atoms with Gasteiger partial charge in [-0.3, -0.25) is 19.1 Å². The van der Waals surface area contributed by atoms with E-state index in [1.54, 1.807) is 20.7 Å². The van der Waals surface area contributed by atoms with Crippen LogP contribution >= 0.6 is 0 Å². The number of piperazine rings is 2. The average Bonchev–Trinajstić information content (AvgIpc) is 3.01. The molecule has 0 spiro atoms. The van der Waals surface area contributed by atoms with Crippen LogP contribution in [-0.2, 0) is 20.9 Å². The summed E-state index contributed by atoms with van der Waals surface area (Å²) in [7, 11) is 0. The number of carbonyl (C=O) groups excluding carboxylic acids is 3. The predicted molar refractivity (Wildman–Crippen MR) is 84.8 cm³/mol. The van der Waals surface area contributed by atoms with Gasteiger partial charge in [0.1, 0.15) is 12.6 Å². The quantitative estimate of drug-likeness (QED) is 0.783. The van der Waals surface area contributed by atoms with Crippen molar-refractivity contribution in [2.24, 2.45) is 0 Å². The lowest BCUT2D eigenvalue weighted by Gasteiger charge is -2.42. The summed E-state index contributed by atoms with van der Waals surface area (Å²) in [5.74, 6) is -0.393. The number of carbonyl (C=O) groups is 3. The second-order valence-corrected chi connectivity index (χ2v) is 6.02. The van der Waals surface area contributed by atoms with Crippen molar-refractivity contribution in [1.82, 2.24) is 24.9 Å². The molecule has 2 aromatic rings. The molecule has 0 saturated carbocycles. The van der Waals surface area contributed by atoms with Gasteiger partial charge in [0.25, 0.3) is 0 Å². The number of nitrogens with one attached hydrogen (secondary N) is 1. The van der Waals surface area contributed by atoms with E-state index >= 15 is 0 Å². The van der Waals surface area contributed by atoms with Gasteiger partial charge in [-0.15, -0.1) is 0 Å². The third kappa shape index (κ3) is 2.40. The Balaban J connectivity index is 1.49. The van der Waals surface area contributed by atoms with E-state index in [0.29, 0.717) is 13.1 Å².